The Labute approximate surface area is 90.0 Å². The Morgan fingerprint density at radius 3 is 2.13 bits per heavy atom. The number of ether oxygens (including phenoxy) is 2. The van der Waals surface area contributed by atoms with E-state index in [0.29, 0.717) is 11.3 Å². The molecule has 15 heavy (non-hydrogen) atoms. The van der Waals surface area contributed by atoms with Crippen LogP contribution in [-0.2, 0) is 0 Å². The Morgan fingerprint density at radius 1 is 1.13 bits per heavy atom. The fraction of sp³-hybridized carbons (Fsp3) is 0.500. The van der Waals surface area contributed by atoms with Gasteiger partial charge < -0.3 is 9.47 Å². The largest absolute Gasteiger partial charge is 0.494 e. The van der Waals surface area contributed by atoms with Crippen molar-refractivity contribution in [1.82, 2.24) is 0 Å². The zero-order chi connectivity index (χ0) is 11.6. The van der Waals surface area contributed by atoms with Crippen LogP contribution in [0, 0.1) is 12.7 Å². The first kappa shape index (κ1) is 11.8. The third kappa shape index (κ3) is 2.85. The van der Waals surface area contributed by atoms with E-state index in [1.54, 1.807) is 19.1 Å². The van der Waals surface area contributed by atoms with E-state index >= 15 is 0 Å². The number of benzene rings is 1. The van der Waals surface area contributed by atoms with Crippen molar-refractivity contribution in [2.45, 2.75) is 33.3 Å². The van der Waals surface area contributed by atoms with E-state index in [9.17, 15) is 4.39 Å². The minimum atomic E-state index is -0.362. The van der Waals surface area contributed by atoms with Crippen molar-refractivity contribution in [3.05, 3.63) is 23.5 Å². The first-order valence-electron chi connectivity index (χ1n) is 4.87. The highest BCUT2D eigenvalue weighted by atomic mass is 19.1. The molecule has 0 spiro atoms. The summed E-state index contributed by atoms with van der Waals surface area (Å²) in [5.41, 5.74) is 0.149. The number of methoxy groups -OCH3 is 1. The van der Waals surface area contributed by atoms with E-state index in [-0.39, 0.29) is 17.2 Å². The second-order valence-corrected chi connectivity index (χ2v) is 4.42. The molecule has 3 heteroatoms. The van der Waals surface area contributed by atoms with Gasteiger partial charge in [0.1, 0.15) is 11.4 Å². The number of halogens is 1. The Kier molecular flexibility index (Phi) is 3.22. The molecule has 0 aliphatic rings. The Bertz CT molecular complexity index is 353. The SMILES string of the molecule is COc1ccc(OC(C)(C)C)c(C)c1F. The summed E-state index contributed by atoms with van der Waals surface area (Å²) in [4.78, 5) is 0. The lowest BCUT2D eigenvalue weighted by atomic mass is 10.1. The number of rotatable bonds is 2. The maximum Gasteiger partial charge on any atom is 0.171 e. The van der Waals surface area contributed by atoms with Crippen LogP contribution in [0.3, 0.4) is 0 Å². The lowest BCUT2D eigenvalue weighted by Gasteiger charge is -2.23. The molecule has 0 bridgehead atoms. The van der Waals surface area contributed by atoms with Crippen molar-refractivity contribution in [3.8, 4) is 11.5 Å². The van der Waals surface area contributed by atoms with Crippen LogP contribution in [0.4, 0.5) is 4.39 Å². The zero-order valence-electron chi connectivity index (χ0n) is 9.85. The molecule has 0 aliphatic heterocycles. The minimum absolute atomic E-state index is 0.244. The molecule has 0 unspecified atom stereocenters. The van der Waals surface area contributed by atoms with Crippen LogP contribution < -0.4 is 9.47 Å². The minimum Gasteiger partial charge on any atom is -0.494 e. The topological polar surface area (TPSA) is 18.5 Å². The van der Waals surface area contributed by atoms with Crippen molar-refractivity contribution in [2.24, 2.45) is 0 Å². The maximum absolute atomic E-state index is 13.6. The van der Waals surface area contributed by atoms with Gasteiger partial charge in [0.05, 0.1) is 7.11 Å². The van der Waals surface area contributed by atoms with Crippen molar-refractivity contribution < 1.29 is 13.9 Å². The lowest BCUT2D eigenvalue weighted by Crippen LogP contribution is -2.23. The van der Waals surface area contributed by atoms with Crippen LogP contribution >= 0.6 is 0 Å². The molecule has 0 fully saturated rings. The second kappa shape index (κ2) is 4.09. The smallest absolute Gasteiger partial charge is 0.171 e. The highest BCUT2D eigenvalue weighted by Crippen LogP contribution is 2.30. The molecule has 0 N–H and O–H groups in total. The fourth-order valence-electron chi connectivity index (χ4n) is 1.24. The zero-order valence-corrected chi connectivity index (χ0v) is 9.85. The second-order valence-electron chi connectivity index (χ2n) is 4.42. The molecule has 1 rings (SSSR count). The average molecular weight is 212 g/mol. The van der Waals surface area contributed by atoms with Gasteiger partial charge in [0.25, 0.3) is 0 Å². The van der Waals surface area contributed by atoms with Crippen molar-refractivity contribution in [3.63, 3.8) is 0 Å². The third-order valence-electron chi connectivity index (χ3n) is 1.94. The van der Waals surface area contributed by atoms with Crippen LogP contribution in [-0.4, -0.2) is 12.7 Å². The molecule has 0 heterocycles. The summed E-state index contributed by atoms with van der Waals surface area (Å²) in [5, 5.41) is 0. The summed E-state index contributed by atoms with van der Waals surface area (Å²) in [6.07, 6.45) is 0. The molecule has 2 nitrogen and oxygen atoms in total. The predicted molar refractivity (Wildman–Crippen MR) is 58.1 cm³/mol. The maximum atomic E-state index is 13.6. The average Bonchev–Trinajstić information content (AvgIpc) is 2.11. The molecule has 84 valence electrons. The Morgan fingerprint density at radius 2 is 1.67 bits per heavy atom. The Hall–Kier alpha value is -1.25. The predicted octanol–water partition coefficient (Wildman–Crippen LogP) is 3.32. The van der Waals surface area contributed by atoms with Gasteiger partial charge in [0.15, 0.2) is 11.6 Å². The molecule has 0 saturated heterocycles. The van der Waals surface area contributed by atoms with Crippen LogP contribution in [0.5, 0.6) is 11.5 Å². The summed E-state index contributed by atoms with van der Waals surface area (Å²) in [5.74, 6) is 0.439. The summed E-state index contributed by atoms with van der Waals surface area (Å²) >= 11 is 0. The van der Waals surface area contributed by atoms with E-state index < -0.39 is 0 Å². The van der Waals surface area contributed by atoms with E-state index in [0.717, 1.165) is 0 Å². The summed E-state index contributed by atoms with van der Waals surface area (Å²) < 4.78 is 24.1. The van der Waals surface area contributed by atoms with Gasteiger partial charge in [-0.05, 0) is 39.8 Å². The normalized spacial score (nSPS) is 11.3. The van der Waals surface area contributed by atoms with E-state index in [4.69, 9.17) is 9.47 Å². The molecule has 0 aliphatic carbocycles. The summed E-state index contributed by atoms with van der Waals surface area (Å²) in [6.45, 7) is 7.46. The molecule has 0 aromatic heterocycles. The standard InChI is InChI=1S/C12H17FO2/c1-8-9(15-12(2,3)4)6-7-10(14-5)11(8)13/h6-7H,1-5H3. The summed E-state index contributed by atoms with van der Waals surface area (Å²) in [6, 6.07) is 3.30. The van der Waals surface area contributed by atoms with Gasteiger partial charge in [-0.25, -0.2) is 4.39 Å². The van der Waals surface area contributed by atoms with Gasteiger partial charge in [-0.2, -0.15) is 0 Å². The van der Waals surface area contributed by atoms with Crippen molar-refractivity contribution in [1.29, 1.82) is 0 Å². The summed E-state index contributed by atoms with van der Waals surface area (Å²) in [7, 11) is 1.45. The van der Waals surface area contributed by atoms with Gasteiger partial charge in [-0.1, -0.05) is 0 Å². The van der Waals surface area contributed by atoms with Crippen LogP contribution in [0.25, 0.3) is 0 Å². The third-order valence-corrected chi connectivity index (χ3v) is 1.94. The highest BCUT2D eigenvalue weighted by Gasteiger charge is 2.17. The van der Waals surface area contributed by atoms with E-state index in [1.165, 1.54) is 7.11 Å². The Balaban J connectivity index is 3.07. The van der Waals surface area contributed by atoms with Crippen LogP contribution in [0.2, 0.25) is 0 Å². The molecular weight excluding hydrogens is 195 g/mol. The van der Waals surface area contributed by atoms with Gasteiger partial charge in [0, 0.05) is 5.56 Å². The quantitative estimate of drug-likeness (QED) is 0.748. The molecule has 1 aromatic carbocycles. The number of hydrogen-bond donors (Lipinski definition) is 0. The first-order valence-corrected chi connectivity index (χ1v) is 4.87. The van der Waals surface area contributed by atoms with E-state index in [2.05, 4.69) is 0 Å². The molecular formula is C12H17FO2. The monoisotopic (exact) mass is 212 g/mol. The highest BCUT2D eigenvalue weighted by molar-refractivity contribution is 5.41. The fourth-order valence-corrected chi connectivity index (χ4v) is 1.24. The van der Waals surface area contributed by atoms with Crippen molar-refractivity contribution >= 4 is 0 Å². The van der Waals surface area contributed by atoms with Gasteiger partial charge in [-0.15, -0.1) is 0 Å². The molecule has 1 aromatic rings. The number of hydrogen-bond acceptors (Lipinski definition) is 2. The molecule has 0 saturated carbocycles. The van der Waals surface area contributed by atoms with Crippen LogP contribution in [0.15, 0.2) is 12.1 Å². The lowest BCUT2D eigenvalue weighted by molar-refractivity contribution is 0.129. The van der Waals surface area contributed by atoms with Gasteiger partial charge >= 0.3 is 0 Å². The van der Waals surface area contributed by atoms with Gasteiger partial charge in [-0.3, -0.25) is 0 Å². The van der Waals surface area contributed by atoms with Gasteiger partial charge in [0.2, 0.25) is 0 Å². The molecule has 0 amide bonds. The van der Waals surface area contributed by atoms with Crippen molar-refractivity contribution in [2.75, 3.05) is 7.11 Å². The van der Waals surface area contributed by atoms with Crippen LogP contribution in [0.1, 0.15) is 26.3 Å². The first-order chi connectivity index (χ1) is 6.85. The molecule has 0 atom stereocenters. The van der Waals surface area contributed by atoms with E-state index in [1.807, 2.05) is 20.8 Å². The molecule has 0 radical (unpaired) electrons.